The predicted octanol–water partition coefficient (Wildman–Crippen LogP) is 1.14. The van der Waals surface area contributed by atoms with E-state index in [1.54, 1.807) is 0 Å². The van der Waals surface area contributed by atoms with Gasteiger partial charge in [0.25, 0.3) is 5.91 Å². The first-order chi connectivity index (χ1) is 9.63. The summed E-state index contributed by atoms with van der Waals surface area (Å²) in [7, 11) is 0. The molecule has 1 aromatic rings. The Kier molecular flexibility index (Phi) is 3.74. The molecule has 2 heterocycles. The summed E-state index contributed by atoms with van der Waals surface area (Å²) in [5.74, 6) is 1.67. The molecule has 1 aromatic heterocycles. The summed E-state index contributed by atoms with van der Waals surface area (Å²) in [6, 6.07) is 0.831. The van der Waals surface area contributed by atoms with E-state index in [9.17, 15) is 4.79 Å². The summed E-state index contributed by atoms with van der Waals surface area (Å²) in [6.07, 6.45) is 3.89. The average molecular weight is 277 g/mol. The van der Waals surface area contributed by atoms with Gasteiger partial charge in [-0.1, -0.05) is 13.8 Å². The van der Waals surface area contributed by atoms with Crippen molar-refractivity contribution in [2.75, 3.05) is 19.6 Å². The molecule has 6 heteroatoms. The number of likely N-dealkylation sites (tertiary alicyclic amines) is 1. The van der Waals surface area contributed by atoms with Crippen molar-refractivity contribution >= 4 is 5.91 Å². The van der Waals surface area contributed by atoms with Gasteiger partial charge in [-0.05, 0) is 31.7 Å². The number of amides is 1. The van der Waals surface area contributed by atoms with Gasteiger partial charge in [-0.25, -0.2) is 4.98 Å². The zero-order chi connectivity index (χ0) is 14.1. The standard InChI is InChI=1S/C14H23N5O/c1-9(2)12-16-13(18-17-12)14(20)15-7-10-5-6-19(8-10)11-3-4-11/h9-11H,3-8H2,1-2H3,(H,15,20)(H,16,17,18). The minimum atomic E-state index is -0.168. The third-order valence-electron chi connectivity index (χ3n) is 4.18. The maximum absolute atomic E-state index is 12.0. The smallest absolute Gasteiger partial charge is 0.290 e. The summed E-state index contributed by atoms with van der Waals surface area (Å²) in [5.41, 5.74) is 0. The summed E-state index contributed by atoms with van der Waals surface area (Å²) in [4.78, 5) is 18.8. The lowest BCUT2D eigenvalue weighted by atomic mass is 10.1. The van der Waals surface area contributed by atoms with Crippen LogP contribution in [0.4, 0.5) is 0 Å². The third-order valence-corrected chi connectivity index (χ3v) is 4.18. The van der Waals surface area contributed by atoms with Gasteiger partial charge in [-0.2, -0.15) is 0 Å². The SMILES string of the molecule is CC(C)c1nc(C(=O)NCC2CCN(C3CC3)C2)n[nH]1. The molecule has 1 saturated carbocycles. The number of carbonyl (C=O) groups is 1. The van der Waals surface area contributed by atoms with Gasteiger partial charge >= 0.3 is 0 Å². The Labute approximate surface area is 119 Å². The second kappa shape index (κ2) is 5.52. The molecule has 1 aliphatic carbocycles. The quantitative estimate of drug-likeness (QED) is 0.846. The first-order valence-electron chi connectivity index (χ1n) is 7.58. The van der Waals surface area contributed by atoms with Crippen LogP contribution in [0.1, 0.15) is 55.5 Å². The van der Waals surface area contributed by atoms with Crippen LogP contribution in [-0.4, -0.2) is 51.7 Å². The van der Waals surface area contributed by atoms with Gasteiger partial charge in [0.1, 0.15) is 5.82 Å². The molecule has 0 bridgehead atoms. The molecule has 0 aromatic carbocycles. The third kappa shape index (κ3) is 3.00. The van der Waals surface area contributed by atoms with Crippen molar-refractivity contribution in [3.05, 3.63) is 11.6 Å². The van der Waals surface area contributed by atoms with Gasteiger partial charge < -0.3 is 10.2 Å². The fraction of sp³-hybridized carbons (Fsp3) is 0.786. The van der Waals surface area contributed by atoms with Crippen LogP contribution in [0.3, 0.4) is 0 Å². The molecule has 1 aliphatic heterocycles. The molecule has 1 saturated heterocycles. The van der Waals surface area contributed by atoms with E-state index in [2.05, 4.69) is 25.4 Å². The van der Waals surface area contributed by atoms with Gasteiger partial charge in [0.15, 0.2) is 0 Å². The van der Waals surface area contributed by atoms with E-state index in [4.69, 9.17) is 0 Å². The van der Waals surface area contributed by atoms with Gasteiger partial charge in [0.2, 0.25) is 5.82 Å². The van der Waals surface area contributed by atoms with Crippen LogP contribution in [0.15, 0.2) is 0 Å². The maximum Gasteiger partial charge on any atom is 0.290 e. The average Bonchev–Trinajstić information content (AvgIpc) is 2.98. The maximum atomic E-state index is 12.0. The van der Waals surface area contributed by atoms with Crippen molar-refractivity contribution in [1.82, 2.24) is 25.4 Å². The Hall–Kier alpha value is -1.43. The summed E-state index contributed by atoms with van der Waals surface area (Å²) in [5, 5.41) is 9.75. The second-order valence-corrected chi connectivity index (χ2v) is 6.29. The number of rotatable bonds is 5. The molecule has 3 rings (SSSR count). The lowest BCUT2D eigenvalue weighted by molar-refractivity contribution is 0.0937. The molecule has 110 valence electrons. The van der Waals surface area contributed by atoms with E-state index in [0.29, 0.717) is 5.92 Å². The Morgan fingerprint density at radius 2 is 2.25 bits per heavy atom. The minimum absolute atomic E-state index is 0.168. The van der Waals surface area contributed by atoms with Crippen molar-refractivity contribution in [1.29, 1.82) is 0 Å². The molecular weight excluding hydrogens is 254 g/mol. The number of nitrogens with one attached hydrogen (secondary N) is 2. The highest BCUT2D eigenvalue weighted by molar-refractivity contribution is 5.90. The van der Waals surface area contributed by atoms with E-state index in [0.717, 1.165) is 25.0 Å². The highest BCUT2D eigenvalue weighted by Crippen LogP contribution is 2.31. The van der Waals surface area contributed by atoms with Crippen molar-refractivity contribution < 1.29 is 4.79 Å². The first kappa shape index (κ1) is 13.5. The van der Waals surface area contributed by atoms with Crippen LogP contribution >= 0.6 is 0 Å². The summed E-state index contributed by atoms with van der Waals surface area (Å²) >= 11 is 0. The highest BCUT2D eigenvalue weighted by Gasteiger charge is 2.34. The van der Waals surface area contributed by atoms with Crippen molar-refractivity contribution in [2.24, 2.45) is 5.92 Å². The number of hydrogen-bond acceptors (Lipinski definition) is 4. The topological polar surface area (TPSA) is 73.9 Å². The molecule has 1 atom stereocenters. The Bertz CT molecular complexity index is 480. The minimum Gasteiger partial charge on any atom is -0.349 e. The second-order valence-electron chi connectivity index (χ2n) is 6.29. The van der Waals surface area contributed by atoms with Gasteiger partial charge in [0, 0.05) is 25.0 Å². The van der Waals surface area contributed by atoms with Crippen molar-refractivity contribution in [2.45, 2.75) is 45.1 Å². The fourth-order valence-corrected chi connectivity index (χ4v) is 2.75. The molecule has 2 aliphatic rings. The van der Waals surface area contributed by atoms with Crippen LogP contribution in [0, 0.1) is 5.92 Å². The fourth-order valence-electron chi connectivity index (χ4n) is 2.75. The largest absolute Gasteiger partial charge is 0.349 e. The van der Waals surface area contributed by atoms with E-state index in [1.807, 2.05) is 13.8 Å². The molecule has 1 amide bonds. The monoisotopic (exact) mass is 277 g/mol. The van der Waals surface area contributed by atoms with Crippen molar-refractivity contribution in [3.8, 4) is 0 Å². The van der Waals surface area contributed by atoms with Gasteiger partial charge in [0.05, 0.1) is 0 Å². The predicted molar refractivity (Wildman–Crippen MR) is 75.5 cm³/mol. The van der Waals surface area contributed by atoms with E-state index in [-0.39, 0.29) is 17.6 Å². The van der Waals surface area contributed by atoms with Crippen LogP contribution in [0.5, 0.6) is 0 Å². The summed E-state index contributed by atoms with van der Waals surface area (Å²) < 4.78 is 0. The number of nitrogens with zero attached hydrogens (tertiary/aromatic N) is 3. The molecule has 0 spiro atoms. The number of H-pyrrole nitrogens is 1. The van der Waals surface area contributed by atoms with E-state index >= 15 is 0 Å². The first-order valence-corrected chi connectivity index (χ1v) is 7.58. The molecule has 2 N–H and O–H groups in total. The number of aromatic amines is 1. The normalized spacial score (nSPS) is 23.4. The Morgan fingerprint density at radius 1 is 1.45 bits per heavy atom. The number of carbonyl (C=O) groups excluding carboxylic acids is 1. The van der Waals surface area contributed by atoms with Crippen LogP contribution in [0.25, 0.3) is 0 Å². The molecular formula is C14H23N5O. The lowest BCUT2D eigenvalue weighted by Gasteiger charge is -2.14. The molecule has 0 radical (unpaired) electrons. The van der Waals surface area contributed by atoms with Crippen LogP contribution < -0.4 is 5.32 Å². The lowest BCUT2D eigenvalue weighted by Crippen LogP contribution is -2.32. The van der Waals surface area contributed by atoms with Gasteiger partial charge in [-0.3, -0.25) is 9.89 Å². The van der Waals surface area contributed by atoms with Crippen molar-refractivity contribution in [3.63, 3.8) is 0 Å². The van der Waals surface area contributed by atoms with E-state index in [1.165, 1.54) is 25.8 Å². The molecule has 2 fully saturated rings. The van der Waals surface area contributed by atoms with Crippen LogP contribution in [0.2, 0.25) is 0 Å². The van der Waals surface area contributed by atoms with E-state index < -0.39 is 0 Å². The summed E-state index contributed by atoms with van der Waals surface area (Å²) in [6.45, 7) is 7.08. The highest BCUT2D eigenvalue weighted by atomic mass is 16.2. The molecule has 1 unspecified atom stereocenters. The number of aromatic nitrogens is 3. The zero-order valence-corrected chi connectivity index (χ0v) is 12.2. The molecule has 6 nitrogen and oxygen atoms in total. The zero-order valence-electron chi connectivity index (χ0n) is 12.2. The van der Waals surface area contributed by atoms with Gasteiger partial charge in [-0.15, -0.1) is 5.10 Å². The number of hydrogen-bond donors (Lipinski definition) is 2. The Morgan fingerprint density at radius 3 is 2.90 bits per heavy atom. The molecule has 20 heavy (non-hydrogen) atoms. The Balaban J connectivity index is 1.46. The van der Waals surface area contributed by atoms with Crippen LogP contribution in [-0.2, 0) is 0 Å².